The van der Waals surface area contributed by atoms with E-state index in [1.807, 2.05) is 13.8 Å². The largest absolute Gasteiger partial charge is 0.462 e. The summed E-state index contributed by atoms with van der Waals surface area (Å²) in [5, 5.41) is 0. The summed E-state index contributed by atoms with van der Waals surface area (Å²) >= 11 is 0. The molecule has 4 heteroatoms. The molecular formula is C9H19NO3. The van der Waals surface area contributed by atoms with Gasteiger partial charge in [0, 0.05) is 6.61 Å². The Balaban J connectivity index is 3.62. The molecule has 0 fully saturated rings. The zero-order chi connectivity index (χ0) is 10.3. The molecule has 0 rings (SSSR count). The Labute approximate surface area is 79.4 Å². The number of carbonyl (C=O) groups is 1. The molecule has 0 saturated carbocycles. The van der Waals surface area contributed by atoms with Gasteiger partial charge in [0.05, 0.1) is 6.61 Å². The minimum absolute atomic E-state index is 0.277. The zero-order valence-corrected chi connectivity index (χ0v) is 8.63. The molecule has 0 aromatic heterocycles. The van der Waals surface area contributed by atoms with Crippen molar-refractivity contribution in [1.29, 1.82) is 0 Å². The van der Waals surface area contributed by atoms with Crippen molar-refractivity contribution >= 4 is 5.97 Å². The van der Waals surface area contributed by atoms with E-state index in [4.69, 9.17) is 15.2 Å². The first-order chi connectivity index (χ1) is 6.04. The minimum Gasteiger partial charge on any atom is -0.462 e. The molecule has 0 saturated heterocycles. The fourth-order valence-electron chi connectivity index (χ4n) is 0.647. The van der Waals surface area contributed by atoms with Crippen molar-refractivity contribution in [2.45, 2.75) is 32.7 Å². The number of esters is 1. The average Bonchev–Trinajstić information content (AvgIpc) is 2.12. The first-order valence-corrected chi connectivity index (χ1v) is 4.58. The maximum absolute atomic E-state index is 11.3. The summed E-state index contributed by atoms with van der Waals surface area (Å²) in [6.45, 7) is 6.74. The first-order valence-electron chi connectivity index (χ1n) is 4.58. The van der Waals surface area contributed by atoms with E-state index in [-0.39, 0.29) is 12.6 Å². The molecule has 78 valence electrons. The molecule has 13 heavy (non-hydrogen) atoms. The molecular weight excluding hydrogens is 170 g/mol. The molecule has 0 aromatic rings. The molecule has 0 aliphatic carbocycles. The third kappa shape index (κ3) is 4.85. The van der Waals surface area contributed by atoms with Gasteiger partial charge in [0.25, 0.3) is 0 Å². The van der Waals surface area contributed by atoms with Crippen molar-refractivity contribution in [2.75, 3.05) is 19.8 Å². The van der Waals surface area contributed by atoms with Crippen LogP contribution in [0.25, 0.3) is 0 Å². The number of hydrogen-bond donors (Lipinski definition) is 1. The molecule has 2 N–H and O–H groups in total. The lowest BCUT2D eigenvalue weighted by atomic mass is 10.0. The fraction of sp³-hybridized carbons (Fsp3) is 0.889. The van der Waals surface area contributed by atoms with Gasteiger partial charge in [-0.15, -0.1) is 0 Å². The van der Waals surface area contributed by atoms with Gasteiger partial charge in [-0.3, -0.25) is 4.79 Å². The van der Waals surface area contributed by atoms with Crippen LogP contribution in [0, 0.1) is 0 Å². The van der Waals surface area contributed by atoms with E-state index >= 15 is 0 Å². The molecule has 0 amide bonds. The van der Waals surface area contributed by atoms with E-state index < -0.39 is 5.54 Å². The summed E-state index contributed by atoms with van der Waals surface area (Å²) < 4.78 is 9.92. The van der Waals surface area contributed by atoms with Gasteiger partial charge in [-0.05, 0) is 20.3 Å². The number of nitrogens with two attached hydrogens (primary N) is 1. The van der Waals surface area contributed by atoms with E-state index in [0.29, 0.717) is 19.6 Å². The third-order valence-corrected chi connectivity index (χ3v) is 1.87. The van der Waals surface area contributed by atoms with Crippen LogP contribution in [-0.2, 0) is 14.3 Å². The number of carbonyl (C=O) groups excluding carboxylic acids is 1. The molecule has 0 radical (unpaired) electrons. The second-order valence-corrected chi connectivity index (χ2v) is 3.10. The molecule has 0 heterocycles. The van der Waals surface area contributed by atoms with Gasteiger partial charge in [-0.2, -0.15) is 0 Å². The van der Waals surface area contributed by atoms with E-state index in [9.17, 15) is 4.79 Å². The topological polar surface area (TPSA) is 61.5 Å². The quantitative estimate of drug-likeness (QED) is 0.493. The van der Waals surface area contributed by atoms with Crippen LogP contribution in [0.3, 0.4) is 0 Å². The average molecular weight is 189 g/mol. The van der Waals surface area contributed by atoms with Crippen LogP contribution in [0.2, 0.25) is 0 Å². The van der Waals surface area contributed by atoms with Crippen molar-refractivity contribution in [2.24, 2.45) is 5.73 Å². The van der Waals surface area contributed by atoms with Gasteiger partial charge in [-0.1, -0.05) is 6.92 Å². The molecule has 0 aliphatic heterocycles. The predicted octanol–water partition coefficient (Wildman–Crippen LogP) is 0.694. The van der Waals surface area contributed by atoms with E-state index in [1.165, 1.54) is 0 Å². The standard InChI is InChI=1S/C9H19NO3/c1-4-9(3,10)8(11)13-7-6-12-5-2/h4-7,10H2,1-3H3. The zero-order valence-electron chi connectivity index (χ0n) is 8.63. The van der Waals surface area contributed by atoms with E-state index in [1.54, 1.807) is 6.92 Å². The van der Waals surface area contributed by atoms with Gasteiger partial charge in [0.15, 0.2) is 0 Å². The van der Waals surface area contributed by atoms with E-state index in [2.05, 4.69) is 0 Å². The lowest BCUT2D eigenvalue weighted by Crippen LogP contribution is -2.45. The molecule has 1 unspecified atom stereocenters. The highest BCUT2D eigenvalue weighted by molar-refractivity contribution is 5.79. The minimum atomic E-state index is -0.869. The Kier molecular flexibility index (Phi) is 5.66. The number of rotatable bonds is 6. The molecule has 0 aromatic carbocycles. The van der Waals surface area contributed by atoms with Crippen LogP contribution in [0.4, 0.5) is 0 Å². The summed E-state index contributed by atoms with van der Waals surface area (Å²) in [6, 6.07) is 0. The summed E-state index contributed by atoms with van der Waals surface area (Å²) in [5.74, 6) is -0.366. The molecule has 4 nitrogen and oxygen atoms in total. The highest BCUT2D eigenvalue weighted by Gasteiger charge is 2.27. The number of ether oxygens (including phenoxy) is 2. The van der Waals surface area contributed by atoms with Gasteiger partial charge < -0.3 is 15.2 Å². The van der Waals surface area contributed by atoms with Gasteiger partial charge >= 0.3 is 5.97 Å². The second kappa shape index (κ2) is 5.94. The highest BCUT2D eigenvalue weighted by Crippen LogP contribution is 2.06. The Hall–Kier alpha value is -0.610. The third-order valence-electron chi connectivity index (χ3n) is 1.87. The van der Waals surface area contributed by atoms with E-state index in [0.717, 1.165) is 0 Å². The SMILES string of the molecule is CCOCCOC(=O)C(C)(N)CC. The number of hydrogen-bond acceptors (Lipinski definition) is 4. The maximum Gasteiger partial charge on any atom is 0.325 e. The molecule has 0 aliphatic rings. The smallest absolute Gasteiger partial charge is 0.325 e. The summed E-state index contributed by atoms with van der Waals surface area (Å²) in [5.41, 5.74) is 4.79. The molecule has 1 atom stereocenters. The van der Waals surface area contributed by atoms with Crippen molar-refractivity contribution < 1.29 is 14.3 Å². The Morgan fingerprint density at radius 3 is 2.46 bits per heavy atom. The Morgan fingerprint density at radius 1 is 1.38 bits per heavy atom. The van der Waals surface area contributed by atoms with Crippen molar-refractivity contribution in [3.05, 3.63) is 0 Å². The second-order valence-electron chi connectivity index (χ2n) is 3.10. The van der Waals surface area contributed by atoms with Gasteiger partial charge in [0.1, 0.15) is 12.1 Å². The van der Waals surface area contributed by atoms with Crippen molar-refractivity contribution in [3.63, 3.8) is 0 Å². The monoisotopic (exact) mass is 189 g/mol. The van der Waals surface area contributed by atoms with Crippen molar-refractivity contribution in [1.82, 2.24) is 0 Å². The first kappa shape index (κ1) is 12.4. The van der Waals surface area contributed by atoms with Gasteiger partial charge in [-0.25, -0.2) is 0 Å². The van der Waals surface area contributed by atoms with Gasteiger partial charge in [0.2, 0.25) is 0 Å². The normalized spacial score (nSPS) is 15.1. The summed E-state index contributed by atoms with van der Waals surface area (Å²) in [7, 11) is 0. The molecule has 0 spiro atoms. The summed E-state index contributed by atoms with van der Waals surface area (Å²) in [6.07, 6.45) is 0.570. The molecule has 0 bridgehead atoms. The maximum atomic E-state index is 11.3. The van der Waals surface area contributed by atoms with Crippen LogP contribution in [-0.4, -0.2) is 31.3 Å². The van der Waals surface area contributed by atoms with Crippen LogP contribution >= 0.6 is 0 Å². The van der Waals surface area contributed by atoms with Crippen LogP contribution in [0.1, 0.15) is 27.2 Å². The summed E-state index contributed by atoms with van der Waals surface area (Å²) in [4.78, 5) is 11.3. The van der Waals surface area contributed by atoms with Crippen LogP contribution in [0.15, 0.2) is 0 Å². The fourth-order valence-corrected chi connectivity index (χ4v) is 0.647. The Morgan fingerprint density at radius 2 is 2.00 bits per heavy atom. The highest BCUT2D eigenvalue weighted by atomic mass is 16.6. The van der Waals surface area contributed by atoms with Crippen molar-refractivity contribution in [3.8, 4) is 0 Å². The van der Waals surface area contributed by atoms with Crippen LogP contribution < -0.4 is 5.73 Å². The Bertz CT molecular complexity index is 157. The lowest BCUT2D eigenvalue weighted by molar-refractivity contribution is -0.151. The van der Waals surface area contributed by atoms with Crippen LogP contribution in [0.5, 0.6) is 0 Å². The lowest BCUT2D eigenvalue weighted by Gasteiger charge is -2.20. The predicted molar refractivity (Wildman–Crippen MR) is 50.3 cm³/mol.